The second-order valence-electron chi connectivity index (χ2n) is 4.36. The van der Waals surface area contributed by atoms with Crippen LogP contribution in [0.2, 0.25) is 5.02 Å². The first kappa shape index (κ1) is 15.2. The van der Waals surface area contributed by atoms with Crippen molar-refractivity contribution in [3.63, 3.8) is 0 Å². The number of ether oxygens (including phenoxy) is 2. The predicted octanol–water partition coefficient (Wildman–Crippen LogP) is 4.66. The van der Waals surface area contributed by atoms with Gasteiger partial charge in [0.2, 0.25) is 0 Å². The van der Waals surface area contributed by atoms with Crippen molar-refractivity contribution in [2.24, 2.45) is 0 Å². The number of benzene rings is 2. The minimum atomic E-state index is -0.595. The molecule has 110 valence electrons. The zero-order chi connectivity index (χ0) is 15.2. The molecule has 2 aromatic rings. The summed E-state index contributed by atoms with van der Waals surface area (Å²) in [6.45, 7) is 4.25. The van der Waals surface area contributed by atoms with Crippen LogP contribution in [0.5, 0.6) is 11.5 Å². The maximum atomic E-state index is 11.9. The predicted molar refractivity (Wildman–Crippen MR) is 83.4 cm³/mol. The third-order valence-electron chi connectivity index (χ3n) is 2.77. The molecule has 0 radical (unpaired) electrons. The molecule has 0 saturated heterocycles. The Hall–Kier alpha value is -2.20. The van der Waals surface area contributed by atoms with Gasteiger partial charge in [0.05, 0.1) is 6.61 Å². The molecule has 0 spiro atoms. The average molecular weight is 306 g/mol. The van der Waals surface area contributed by atoms with Crippen LogP contribution >= 0.6 is 11.6 Å². The van der Waals surface area contributed by atoms with Gasteiger partial charge in [-0.05, 0) is 43.7 Å². The zero-order valence-electron chi connectivity index (χ0n) is 11.9. The maximum Gasteiger partial charge on any atom is 0.417 e. The zero-order valence-corrected chi connectivity index (χ0v) is 12.6. The van der Waals surface area contributed by atoms with E-state index in [4.69, 9.17) is 21.1 Å². The smallest absolute Gasteiger partial charge is 0.417 e. The lowest BCUT2D eigenvalue weighted by molar-refractivity contribution is 0.212. The first-order valence-corrected chi connectivity index (χ1v) is 6.94. The highest BCUT2D eigenvalue weighted by Gasteiger charge is 2.10. The van der Waals surface area contributed by atoms with Gasteiger partial charge in [0.1, 0.15) is 0 Å². The first-order chi connectivity index (χ1) is 10.1. The van der Waals surface area contributed by atoms with Gasteiger partial charge < -0.3 is 9.47 Å². The maximum absolute atomic E-state index is 11.9. The number of amides is 1. The van der Waals surface area contributed by atoms with Crippen molar-refractivity contribution < 1.29 is 14.3 Å². The minimum absolute atomic E-state index is 0.370. The summed E-state index contributed by atoms with van der Waals surface area (Å²) in [5.74, 6) is 0.896. The number of halogens is 1. The molecule has 0 aromatic heterocycles. The standard InChI is InChI=1S/C16H16ClNO3/c1-3-20-14-6-4-5-7-15(14)21-16(19)18-12-9-8-11(2)13(17)10-12/h4-10H,3H2,1-2H3,(H,18,19). The largest absolute Gasteiger partial charge is 0.490 e. The van der Waals surface area contributed by atoms with Gasteiger partial charge in [0, 0.05) is 10.7 Å². The SMILES string of the molecule is CCOc1ccccc1OC(=O)Nc1ccc(C)c(Cl)c1. The van der Waals surface area contributed by atoms with Crippen LogP contribution in [-0.4, -0.2) is 12.7 Å². The lowest BCUT2D eigenvalue weighted by Crippen LogP contribution is -2.17. The third kappa shape index (κ3) is 4.13. The number of rotatable bonds is 4. The Kier molecular flexibility index (Phi) is 5.06. The molecule has 0 fully saturated rings. The summed E-state index contributed by atoms with van der Waals surface area (Å²) >= 11 is 6.01. The summed E-state index contributed by atoms with van der Waals surface area (Å²) in [5, 5.41) is 3.21. The van der Waals surface area contributed by atoms with Crippen molar-refractivity contribution in [3.05, 3.63) is 53.1 Å². The lowest BCUT2D eigenvalue weighted by Gasteiger charge is -2.11. The van der Waals surface area contributed by atoms with E-state index < -0.39 is 6.09 Å². The molecule has 0 unspecified atom stereocenters. The number of aryl methyl sites for hydroxylation is 1. The van der Waals surface area contributed by atoms with Crippen LogP contribution in [0.3, 0.4) is 0 Å². The normalized spacial score (nSPS) is 10.0. The van der Waals surface area contributed by atoms with Gasteiger partial charge in [0.25, 0.3) is 0 Å². The number of hydrogen-bond donors (Lipinski definition) is 1. The number of carbonyl (C=O) groups is 1. The third-order valence-corrected chi connectivity index (χ3v) is 3.18. The van der Waals surface area contributed by atoms with E-state index in [2.05, 4.69) is 5.32 Å². The van der Waals surface area contributed by atoms with Gasteiger partial charge in [-0.3, -0.25) is 5.32 Å². The summed E-state index contributed by atoms with van der Waals surface area (Å²) < 4.78 is 10.7. The average Bonchev–Trinajstić information content (AvgIpc) is 2.45. The highest BCUT2D eigenvalue weighted by Crippen LogP contribution is 2.27. The van der Waals surface area contributed by atoms with Crippen LogP contribution < -0.4 is 14.8 Å². The van der Waals surface area contributed by atoms with Crippen LogP contribution in [0, 0.1) is 6.92 Å². The second kappa shape index (κ2) is 6.99. The van der Waals surface area contributed by atoms with Crippen molar-refractivity contribution >= 4 is 23.4 Å². The van der Waals surface area contributed by atoms with E-state index in [0.29, 0.717) is 28.8 Å². The topological polar surface area (TPSA) is 47.6 Å². The van der Waals surface area contributed by atoms with E-state index in [1.807, 2.05) is 26.0 Å². The molecule has 0 aliphatic heterocycles. The Morgan fingerprint density at radius 1 is 1.19 bits per heavy atom. The molecular weight excluding hydrogens is 290 g/mol. The molecule has 4 nitrogen and oxygen atoms in total. The van der Waals surface area contributed by atoms with Crippen LogP contribution in [-0.2, 0) is 0 Å². The highest BCUT2D eigenvalue weighted by molar-refractivity contribution is 6.31. The first-order valence-electron chi connectivity index (χ1n) is 6.57. The second-order valence-corrected chi connectivity index (χ2v) is 4.77. The molecule has 0 heterocycles. The van der Waals surface area contributed by atoms with Crippen LogP contribution in [0.4, 0.5) is 10.5 Å². The van der Waals surface area contributed by atoms with E-state index in [0.717, 1.165) is 5.56 Å². The number of carbonyl (C=O) groups excluding carboxylic acids is 1. The molecule has 0 bridgehead atoms. The Balaban J connectivity index is 2.06. The van der Waals surface area contributed by atoms with Crippen LogP contribution in [0.15, 0.2) is 42.5 Å². The van der Waals surface area contributed by atoms with E-state index in [1.54, 1.807) is 30.3 Å². The van der Waals surface area contributed by atoms with Gasteiger partial charge in [-0.2, -0.15) is 0 Å². The highest BCUT2D eigenvalue weighted by atomic mass is 35.5. The van der Waals surface area contributed by atoms with Crippen molar-refractivity contribution in [3.8, 4) is 11.5 Å². The molecule has 2 aromatic carbocycles. The van der Waals surface area contributed by atoms with Gasteiger partial charge in [-0.1, -0.05) is 29.8 Å². The molecule has 2 rings (SSSR count). The van der Waals surface area contributed by atoms with Crippen LogP contribution in [0.25, 0.3) is 0 Å². The molecular formula is C16H16ClNO3. The molecule has 0 aliphatic carbocycles. The fraction of sp³-hybridized carbons (Fsp3) is 0.188. The molecule has 1 N–H and O–H groups in total. The lowest BCUT2D eigenvalue weighted by atomic mass is 10.2. The monoisotopic (exact) mass is 305 g/mol. The van der Waals surface area contributed by atoms with E-state index in [-0.39, 0.29) is 0 Å². The van der Waals surface area contributed by atoms with Crippen molar-refractivity contribution in [2.75, 3.05) is 11.9 Å². The van der Waals surface area contributed by atoms with E-state index in [1.165, 1.54) is 0 Å². The van der Waals surface area contributed by atoms with E-state index >= 15 is 0 Å². The van der Waals surface area contributed by atoms with Crippen molar-refractivity contribution in [1.29, 1.82) is 0 Å². The number of nitrogens with one attached hydrogen (secondary N) is 1. The van der Waals surface area contributed by atoms with Gasteiger partial charge >= 0.3 is 6.09 Å². The van der Waals surface area contributed by atoms with Crippen molar-refractivity contribution in [1.82, 2.24) is 0 Å². The molecule has 21 heavy (non-hydrogen) atoms. The molecule has 5 heteroatoms. The number of anilines is 1. The molecule has 0 aliphatic rings. The fourth-order valence-corrected chi connectivity index (χ4v) is 1.90. The Morgan fingerprint density at radius 3 is 2.57 bits per heavy atom. The number of hydrogen-bond acceptors (Lipinski definition) is 3. The fourth-order valence-electron chi connectivity index (χ4n) is 1.72. The summed E-state index contributed by atoms with van der Waals surface area (Å²) in [6.07, 6.45) is -0.595. The molecule has 0 atom stereocenters. The summed E-state index contributed by atoms with van der Waals surface area (Å²) in [6, 6.07) is 12.3. The van der Waals surface area contributed by atoms with Gasteiger partial charge in [-0.15, -0.1) is 0 Å². The summed E-state index contributed by atoms with van der Waals surface area (Å²) in [4.78, 5) is 11.9. The quantitative estimate of drug-likeness (QED) is 0.893. The van der Waals surface area contributed by atoms with Gasteiger partial charge in [-0.25, -0.2) is 4.79 Å². The van der Waals surface area contributed by atoms with E-state index in [9.17, 15) is 4.79 Å². The summed E-state index contributed by atoms with van der Waals surface area (Å²) in [7, 11) is 0. The Bertz CT molecular complexity index is 643. The minimum Gasteiger partial charge on any atom is -0.490 e. The number of para-hydroxylation sites is 2. The Labute approximate surface area is 128 Å². The molecule has 1 amide bonds. The summed E-state index contributed by atoms with van der Waals surface area (Å²) in [5.41, 5.74) is 1.52. The van der Waals surface area contributed by atoms with Crippen LogP contribution in [0.1, 0.15) is 12.5 Å². The van der Waals surface area contributed by atoms with Crippen molar-refractivity contribution in [2.45, 2.75) is 13.8 Å². The molecule has 0 saturated carbocycles. The Morgan fingerprint density at radius 2 is 1.90 bits per heavy atom. The van der Waals surface area contributed by atoms with Gasteiger partial charge in [0.15, 0.2) is 11.5 Å².